The van der Waals surface area contributed by atoms with Crippen LogP contribution in [0.25, 0.3) is 11.4 Å². The number of amides is 1. The second-order valence-electron chi connectivity index (χ2n) is 9.63. The first-order valence-electron chi connectivity index (χ1n) is 11.1. The number of nitrogens with two attached hydrogens (primary N) is 1. The zero-order valence-electron chi connectivity index (χ0n) is 18.3. The lowest BCUT2D eigenvalue weighted by Gasteiger charge is -2.44. The number of nitrogens with zero attached hydrogens (tertiary/aromatic N) is 4. The molecule has 30 heavy (non-hydrogen) atoms. The minimum atomic E-state index is 0.0993. The highest BCUT2D eigenvalue weighted by Gasteiger charge is 2.35. The van der Waals surface area contributed by atoms with E-state index in [0.717, 1.165) is 24.9 Å². The molecular weight excluding hydrogens is 394 g/mol. The van der Waals surface area contributed by atoms with Gasteiger partial charge in [0.15, 0.2) is 5.82 Å². The second-order valence-corrected chi connectivity index (χ2v) is 10.6. The topological polar surface area (TPSA) is 77.0 Å². The van der Waals surface area contributed by atoms with Crippen molar-refractivity contribution < 1.29 is 4.79 Å². The van der Waals surface area contributed by atoms with E-state index in [0.29, 0.717) is 28.7 Å². The van der Waals surface area contributed by atoms with Crippen LogP contribution in [0.5, 0.6) is 0 Å². The summed E-state index contributed by atoms with van der Waals surface area (Å²) in [6.45, 7) is 7.46. The Hall–Kier alpha value is -2.02. The van der Waals surface area contributed by atoms with Gasteiger partial charge >= 0.3 is 0 Å². The number of carbonyl (C=O) groups is 1. The summed E-state index contributed by atoms with van der Waals surface area (Å²) in [6, 6.07) is 8.72. The number of hydrogen-bond donors (Lipinski definition) is 1. The highest BCUT2D eigenvalue weighted by Crippen LogP contribution is 2.36. The van der Waals surface area contributed by atoms with Crippen molar-refractivity contribution in [3.8, 4) is 11.4 Å². The van der Waals surface area contributed by atoms with Gasteiger partial charge < -0.3 is 10.7 Å². The van der Waals surface area contributed by atoms with Crippen molar-refractivity contribution in [1.82, 2.24) is 19.8 Å². The van der Waals surface area contributed by atoms with Crippen molar-refractivity contribution in [3.63, 3.8) is 0 Å². The van der Waals surface area contributed by atoms with Crippen LogP contribution in [0.3, 0.4) is 0 Å². The van der Waals surface area contributed by atoms with Gasteiger partial charge in [-0.25, -0.2) is 4.68 Å². The smallest absolute Gasteiger partial charge is 0.233 e. The summed E-state index contributed by atoms with van der Waals surface area (Å²) in [6.07, 6.45) is 7.38. The Labute approximate surface area is 183 Å². The largest absolute Gasteiger partial charge is 0.339 e. The molecule has 0 spiro atoms. The number of aromatic nitrogens is 3. The summed E-state index contributed by atoms with van der Waals surface area (Å²) in [5.41, 5.74) is 2.29. The number of fused-ring (bicyclic) bond motifs is 1. The van der Waals surface area contributed by atoms with E-state index in [1.165, 1.54) is 47.7 Å². The number of benzene rings is 1. The number of nitrogen functional groups attached to an aromatic ring is 1. The van der Waals surface area contributed by atoms with Crippen molar-refractivity contribution in [2.24, 2.45) is 5.92 Å². The van der Waals surface area contributed by atoms with Crippen LogP contribution in [0.15, 0.2) is 29.4 Å². The van der Waals surface area contributed by atoms with Gasteiger partial charge in [-0.2, -0.15) is 0 Å². The first-order valence-corrected chi connectivity index (χ1v) is 12.1. The second kappa shape index (κ2) is 8.61. The van der Waals surface area contributed by atoms with E-state index in [1.54, 1.807) is 0 Å². The highest BCUT2D eigenvalue weighted by atomic mass is 32.2. The number of carbonyl (C=O) groups excluding carboxylic acids is 1. The molecular formula is C23H33N5OS. The van der Waals surface area contributed by atoms with E-state index in [-0.39, 0.29) is 11.3 Å². The van der Waals surface area contributed by atoms with Crippen LogP contribution in [-0.2, 0) is 10.2 Å². The molecule has 2 aliphatic rings. The van der Waals surface area contributed by atoms with E-state index in [9.17, 15) is 4.79 Å². The molecule has 6 nitrogen and oxygen atoms in total. The molecule has 2 N–H and O–H groups in total. The molecule has 4 rings (SSSR count). The first kappa shape index (κ1) is 21.2. The number of likely N-dealkylation sites (tertiary alicyclic amines) is 1. The normalized spacial score (nSPS) is 22.0. The predicted octanol–water partition coefficient (Wildman–Crippen LogP) is 4.23. The predicted molar refractivity (Wildman–Crippen MR) is 122 cm³/mol. The summed E-state index contributed by atoms with van der Waals surface area (Å²) in [4.78, 5) is 15.1. The summed E-state index contributed by atoms with van der Waals surface area (Å²) in [7, 11) is 0. The van der Waals surface area contributed by atoms with Gasteiger partial charge in [0.2, 0.25) is 11.1 Å². The van der Waals surface area contributed by atoms with Gasteiger partial charge in [0.25, 0.3) is 0 Å². The lowest BCUT2D eigenvalue weighted by atomic mass is 9.78. The van der Waals surface area contributed by atoms with Gasteiger partial charge in [0.05, 0.1) is 5.75 Å². The fourth-order valence-corrected chi connectivity index (χ4v) is 5.58. The molecule has 1 aromatic carbocycles. The molecule has 0 bridgehead atoms. The molecule has 2 fully saturated rings. The average molecular weight is 428 g/mol. The SMILES string of the molecule is CC(C)(C)c1ccc(-c2nnc(SCC(=O)N3CCC[C@H]4CCCC[C@H]43)n2N)cc1. The molecule has 1 amide bonds. The molecule has 1 saturated heterocycles. The van der Waals surface area contributed by atoms with E-state index >= 15 is 0 Å². The third kappa shape index (κ3) is 4.36. The van der Waals surface area contributed by atoms with E-state index in [1.807, 2.05) is 12.1 Å². The Kier molecular flexibility index (Phi) is 6.09. The zero-order valence-corrected chi connectivity index (χ0v) is 19.1. The Morgan fingerprint density at radius 3 is 2.53 bits per heavy atom. The minimum Gasteiger partial charge on any atom is -0.339 e. The molecule has 2 heterocycles. The van der Waals surface area contributed by atoms with E-state index < -0.39 is 0 Å². The van der Waals surface area contributed by atoms with Crippen LogP contribution in [0.2, 0.25) is 0 Å². The maximum absolute atomic E-state index is 13.0. The molecule has 1 saturated carbocycles. The third-order valence-corrected chi connectivity index (χ3v) is 7.49. The van der Waals surface area contributed by atoms with Crippen molar-refractivity contribution in [2.45, 2.75) is 75.9 Å². The Morgan fingerprint density at radius 1 is 1.10 bits per heavy atom. The molecule has 0 radical (unpaired) electrons. The van der Waals surface area contributed by atoms with Gasteiger partial charge in [-0.15, -0.1) is 10.2 Å². The van der Waals surface area contributed by atoms with E-state index in [2.05, 4.69) is 48.0 Å². The maximum atomic E-state index is 13.0. The third-order valence-electron chi connectivity index (χ3n) is 6.56. The summed E-state index contributed by atoms with van der Waals surface area (Å²) in [5, 5.41) is 9.10. The molecule has 2 atom stereocenters. The van der Waals surface area contributed by atoms with Crippen molar-refractivity contribution in [3.05, 3.63) is 29.8 Å². The van der Waals surface area contributed by atoms with Crippen molar-refractivity contribution in [2.75, 3.05) is 18.1 Å². The van der Waals surface area contributed by atoms with Crippen LogP contribution in [0.4, 0.5) is 0 Å². The molecule has 1 aromatic heterocycles. The summed E-state index contributed by atoms with van der Waals surface area (Å²) in [5.74, 6) is 8.16. The molecule has 1 aliphatic carbocycles. The van der Waals surface area contributed by atoms with Crippen LogP contribution in [0, 0.1) is 5.92 Å². The van der Waals surface area contributed by atoms with Gasteiger partial charge in [0, 0.05) is 18.2 Å². The Bertz CT molecular complexity index is 884. The average Bonchev–Trinajstić information content (AvgIpc) is 3.11. The van der Waals surface area contributed by atoms with Crippen LogP contribution in [-0.4, -0.2) is 44.0 Å². The van der Waals surface area contributed by atoms with Gasteiger partial charge in [-0.05, 0) is 42.6 Å². The fourth-order valence-electron chi connectivity index (χ4n) is 4.84. The standard InChI is InChI=1S/C23H33N5OS/c1-23(2,3)18-12-10-17(11-13-18)21-25-26-22(28(21)24)30-15-20(29)27-14-6-8-16-7-4-5-9-19(16)27/h10-13,16,19H,4-9,14-15,24H2,1-3H3/t16-,19-/m1/s1. The number of piperidine rings is 1. The zero-order chi connectivity index (χ0) is 21.3. The monoisotopic (exact) mass is 427 g/mol. The Morgan fingerprint density at radius 2 is 1.80 bits per heavy atom. The van der Waals surface area contributed by atoms with Crippen LogP contribution >= 0.6 is 11.8 Å². The molecule has 162 valence electrons. The maximum Gasteiger partial charge on any atom is 0.233 e. The molecule has 2 aromatic rings. The lowest BCUT2D eigenvalue weighted by Crippen LogP contribution is -2.50. The van der Waals surface area contributed by atoms with Crippen LogP contribution in [0.1, 0.15) is 64.9 Å². The van der Waals surface area contributed by atoms with Gasteiger partial charge in [-0.1, -0.05) is 69.6 Å². The minimum absolute atomic E-state index is 0.0993. The van der Waals surface area contributed by atoms with Crippen molar-refractivity contribution in [1.29, 1.82) is 0 Å². The first-order chi connectivity index (χ1) is 14.3. The highest BCUT2D eigenvalue weighted by molar-refractivity contribution is 7.99. The summed E-state index contributed by atoms with van der Waals surface area (Å²) >= 11 is 1.38. The van der Waals surface area contributed by atoms with Gasteiger partial charge in [0.1, 0.15) is 0 Å². The number of hydrogen-bond acceptors (Lipinski definition) is 5. The van der Waals surface area contributed by atoms with Crippen molar-refractivity contribution >= 4 is 17.7 Å². The molecule has 0 unspecified atom stereocenters. The molecule has 1 aliphatic heterocycles. The van der Waals surface area contributed by atoms with E-state index in [4.69, 9.17) is 5.84 Å². The quantitative estimate of drug-likeness (QED) is 0.584. The number of rotatable bonds is 4. The van der Waals surface area contributed by atoms with Gasteiger partial charge in [-0.3, -0.25) is 4.79 Å². The van der Waals surface area contributed by atoms with Crippen LogP contribution < -0.4 is 5.84 Å². The fraction of sp³-hybridized carbons (Fsp3) is 0.609. The lowest BCUT2D eigenvalue weighted by molar-refractivity contribution is -0.134. The number of thioether (sulfide) groups is 1. The molecule has 7 heteroatoms. The summed E-state index contributed by atoms with van der Waals surface area (Å²) < 4.78 is 1.50. The Balaban J connectivity index is 1.41.